The van der Waals surface area contributed by atoms with Gasteiger partial charge < -0.3 is 5.11 Å². The topological polar surface area (TPSA) is 20.2 Å². The summed E-state index contributed by atoms with van der Waals surface area (Å²) in [6.07, 6.45) is 0.439. The van der Waals surface area contributed by atoms with Crippen LogP contribution in [0.2, 0.25) is 0 Å². The lowest BCUT2D eigenvalue weighted by atomic mass is 10.1. The van der Waals surface area contributed by atoms with Crippen molar-refractivity contribution in [3.05, 3.63) is 42.3 Å². The summed E-state index contributed by atoms with van der Waals surface area (Å²) in [5.74, 6) is 0. The average molecular weight is 149 g/mol. The molecule has 0 bridgehead atoms. The van der Waals surface area contributed by atoms with Gasteiger partial charge in [-0.15, -0.1) is 0 Å². The van der Waals surface area contributed by atoms with E-state index in [0.717, 1.165) is 12.0 Å². The molecule has 1 heteroatoms. The molecule has 0 spiro atoms. The Balaban J connectivity index is 2.83. The molecule has 1 radical (unpaired) electrons. The SMILES string of the molecule is [CH2]Cc1ccc(C(C)O)cc1. The molecule has 11 heavy (non-hydrogen) atoms. The first-order valence-electron chi connectivity index (χ1n) is 3.80. The van der Waals surface area contributed by atoms with Gasteiger partial charge in [-0.25, -0.2) is 0 Å². The number of hydrogen-bond donors (Lipinski definition) is 1. The Labute approximate surface area is 67.7 Å². The zero-order valence-electron chi connectivity index (χ0n) is 6.75. The second-order valence-corrected chi connectivity index (χ2v) is 2.67. The standard InChI is InChI=1S/C10H13O/c1-3-9-4-6-10(7-5-9)8(2)11/h4-8,11H,1,3H2,2H3. The van der Waals surface area contributed by atoms with Gasteiger partial charge in [0.25, 0.3) is 0 Å². The van der Waals surface area contributed by atoms with Crippen LogP contribution in [0.1, 0.15) is 24.2 Å². The van der Waals surface area contributed by atoms with Crippen molar-refractivity contribution >= 4 is 0 Å². The fraction of sp³-hybridized carbons (Fsp3) is 0.300. The van der Waals surface area contributed by atoms with Gasteiger partial charge in [0, 0.05) is 0 Å². The molecule has 1 N–H and O–H groups in total. The Morgan fingerprint density at radius 3 is 2.27 bits per heavy atom. The lowest BCUT2D eigenvalue weighted by Crippen LogP contribution is -1.90. The zero-order chi connectivity index (χ0) is 8.27. The second kappa shape index (κ2) is 3.54. The maximum Gasteiger partial charge on any atom is 0.0761 e. The third kappa shape index (κ3) is 2.05. The number of aliphatic hydroxyl groups is 1. The van der Waals surface area contributed by atoms with Crippen molar-refractivity contribution in [2.75, 3.05) is 0 Å². The van der Waals surface area contributed by atoms with Crippen LogP contribution in [0.3, 0.4) is 0 Å². The molecular weight excluding hydrogens is 136 g/mol. The van der Waals surface area contributed by atoms with Gasteiger partial charge in [0.15, 0.2) is 0 Å². The number of aliphatic hydroxyl groups excluding tert-OH is 1. The molecule has 1 rings (SSSR count). The van der Waals surface area contributed by atoms with Crippen molar-refractivity contribution in [1.82, 2.24) is 0 Å². The third-order valence-corrected chi connectivity index (χ3v) is 1.75. The molecule has 1 aromatic carbocycles. The Hall–Kier alpha value is -0.820. The highest BCUT2D eigenvalue weighted by atomic mass is 16.3. The van der Waals surface area contributed by atoms with Gasteiger partial charge in [-0.2, -0.15) is 0 Å². The number of rotatable bonds is 2. The molecular formula is C10H13O. The van der Waals surface area contributed by atoms with E-state index < -0.39 is 0 Å². The maximum atomic E-state index is 9.17. The summed E-state index contributed by atoms with van der Waals surface area (Å²) in [6, 6.07) is 7.86. The molecule has 0 saturated heterocycles. The lowest BCUT2D eigenvalue weighted by Gasteiger charge is -2.04. The highest BCUT2D eigenvalue weighted by molar-refractivity contribution is 5.24. The fourth-order valence-electron chi connectivity index (χ4n) is 0.963. The Morgan fingerprint density at radius 1 is 1.36 bits per heavy atom. The first kappa shape index (κ1) is 8.28. The zero-order valence-corrected chi connectivity index (χ0v) is 6.75. The smallest absolute Gasteiger partial charge is 0.0761 e. The van der Waals surface area contributed by atoms with Gasteiger partial charge in [-0.05, 0) is 31.4 Å². The molecule has 0 saturated carbocycles. The minimum absolute atomic E-state index is 0.367. The van der Waals surface area contributed by atoms with E-state index in [0.29, 0.717) is 0 Å². The third-order valence-electron chi connectivity index (χ3n) is 1.75. The molecule has 0 fully saturated rings. The number of benzene rings is 1. The largest absolute Gasteiger partial charge is 0.389 e. The second-order valence-electron chi connectivity index (χ2n) is 2.67. The summed E-state index contributed by atoms with van der Waals surface area (Å²) in [4.78, 5) is 0. The van der Waals surface area contributed by atoms with E-state index in [4.69, 9.17) is 0 Å². The van der Waals surface area contributed by atoms with Crippen LogP contribution in [0.15, 0.2) is 24.3 Å². The Bertz CT molecular complexity index is 211. The summed E-state index contributed by atoms with van der Waals surface area (Å²) in [7, 11) is 0. The molecule has 0 aliphatic rings. The van der Waals surface area contributed by atoms with Crippen LogP contribution in [-0.2, 0) is 6.42 Å². The molecule has 1 nitrogen and oxygen atoms in total. The van der Waals surface area contributed by atoms with Gasteiger partial charge in [0.05, 0.1) is 6.10 Å². The molecule has 1 unspecified atom stereocenters. The fourth-order valence-corrected chi connectivity index (χ4v) is 0.963. The van der Waals surface area contributed by atoms with Crippen LogP contribution in [0.5, 0.6) is 0 Å². The molecule has 0 aromatic heterocycles. The monoisotopic (exact) mass is 149 g/mol. The van der Waals surface area contributed by atoms with Crippen molar-refractivity contribution in [1.29, 1.82) is 0 Å². The van der Waals surface area contributed by atoms with Gasteiger partial charge in [-0.1, -0.05) is 24.3 Å². The van der Waals surface area contributed by atoms with Crippen LogP contribution in [0.4, 0.5) is 0 Å². The van der Waals surface area contributed by atoms with Crippen molar-refractivity contribution in [3.8, 4) is 0 Å². The molecule has 59 valence electrons. The molecule has 0 amide bonds. The van der Waals surface area contributed by atoms with Gasteiger partial charge in [-0.3, -0.25) is 0 Å². The summed E-state index contributed by atoms with van der Waals surface area (Å²) >= 11 is 0. The van der Waals surface area contributed by atoms with Crippen LogP contribution in [0.25, 0.3) is 0 Å². The molecule has 1 aromatic rings. The normalized spacial score (nSPS) is 13.0. The van der Waals surface area contributed by atoms with Crippen molar-refractivity contribution < 1.29 is 5.11 Å². The Kier molecular flexibility index (Phi) is 2.66. The van der Waals surface area contributed by atoms with E-state index in [2.05, 4.69) is 6.92 Å². The molecule has 0 heterocycles. The number of hydrogen-bond acceptors (Lipinski definition) is 1. The Morgan fingerprint density at radius 2 is 1.91 bits per heavy atom. The minimum Gasteiger partial charge on any atom is -0.389 e. The highest BCUT2D eigenvalue weighted by Gasteiger charge is 1.98. The molecule has 0 aliphatic heterocycles. The lowest BCUT2D eigenvalue weighted by molar-refractivity contribution is 0.199. The predicted molar refractivity (Wildman–Crippen MR) is 46.1 cm³/mol. The van der Waals surface area contributed by atoms with E-state index in [9.17, 15) is 5.11 Å². The highest BCUT2D eigenvalue weighted by Crippen LogP contribution is 2.12. The summed E-state index contributed by atoms with van der Waals surface area (Å²) in [5, 5.41) is 9.17. The minimum atomic E-state index is -0.367. The van der Waals surface area contributed by atoms with Crippen LogP contribution < -0.4 is 0 Å². The van der Waals surface area contributed by atoms with Crippen LogP contribution in [0, 0.1) is 6.92 Å². The van der Waals surface area contributed by atoms with Gasteiger partial charge in [0.2, 0.25) is 0 Å². The van der Waals surface area contributed by atoms with Crippen LogP contribution in [-0.4, -0.2) is 5.11 Å². The summed E-state index contributed by atoms with van der Waals surface area (Å²) in [5.41, 5.74) is 2.16. The van der Waals surface area contributed by atoms with Crippen molar-refractivity contribution in [2.45, 2.75) is 19.4 Å². The quantitative estimate of drug-likeness (QED) is 0.682. The maximum absolute atomic E-state index is 9.17. The van der Waals surface area contributed by atoms with Gasteiger partial charge >= 0.3 is 0 Å². The van der Waals surface area contributed by atoms with Gasteiger partial charge in [0.1, 0.15) is 0 Å². The predicted octanol–water partition coefficient (Wildman–Crippen LogP) is 2.12. The van der Waals surface area contributed by atoms with E-state index in [1.54, 1.807) is 6.92 Å². The molecule has 1 atom stereocenters. The first-order valence-corrected chi connectivity index (χ1v) is 3.80. The van der Waals surface area contributed by atoms with Crippen molar-refractivity contribution in [2.24, 2.45) is 0 Å². The van der Waals surface area contributed by atoms with Crippen molar-refractivity contribution in [3.63, 3.8) is 0 Å². The van der Waals surface area contributed by atoms with E-state index >= 15 is 0 Å². The van der Waals surface area contributed by atoms with E-state index in [1.807, 2.05) is 24.3 Å². The first-order chi connectivity index (χ1) is 5.24. The summed E-state index contributed by atoms with van der Waals surface area (Å²) < 4.78 is 0. The van der Waals surface area contributed by atoms with Crippen LogP contribution >= 0.6 is 0 Å². The average Bonchev–Trinajstić information content (AvgIpc) is 2.05. The van der Waals surface area contributed by atoms with E-state index in [-0.39, 0.29) is 6.10 Å². The molecule has 0 aliphatic carbocycles. The van der Waals surface area contributed by atoms with E-state index in [1.165, 1.54) is 5.56 Å². The summed E-state index contributed by atoms with van der Waals surface area (Å²) in [6.45, 7) is 5.53.